The van der Waals surface area contributed by atoms with Crippen LogP contribution in [-0.4, -0.2) is 30.2 Å². The Hall–Kier alpha value is -1.22. The van der Waals surface area contributed by atoms with E-state index >= 15 is 0 Å². The monoisotopic (exact) mass is 221 g/mol. The largest absolute Gasteiger partial charge is 0.504 e. The van der Waals surface area contributed by atoms with E-state index in [1.807, 2.05) is 12.1 Å². The van der Waals surface area contributed by atoms with Crippen LogP contribution in [0.25, 0.3) is 0 Å². The van der Waals surface area contributed by atoms with Crippen LogP contribution in [0.5, 0.6) is 11.5 Å². The van der Waals surface area contributed by atoms with Gasteiger partial charge in [0.25, 0.3) is 0 Å². The molecule has 2 rings (SSSR count). The van der Waals surface area contributed by atoms with Crippen molar-refractivity contribution in [2.24, 2.45) is 5.92 Å². The zero-order valence-electron chi connectivity index (χ0n) is 9.94. The van der Waals surface area contributed by atoms with Crippen molar-refractivity contribution in [1.29, 1.82) is 0 Å². The number of methoxy groups -OCH3 is 1. The number of nitrogens with zero attached hydrogens (tertiary/aromatic N) is 1. The lowest BCUT2D eigenvalue weighted by atomic mass is 10.2. The van der Waals surface area contributed by atoms with Crippen molar-refractivity contribution in [3.05, 3.63) is 23.8 Å². The fraction of sp³-hybridized carbons (Fsp3) is 0.538. The molecule has 0 aliphatic carbocycles. The highest BCUT2D eigenvalue weighted by atomic mass is 16.5. The first-order valence-corrected chi connectivity index (χ1v) is 5.77. The lowest BCUT2D eigenvalue weighted by molar-refractivity contribution is 0.318. The SMILES string of the molecule is COc1cc(CN2CCC(C)C2)ccc1O. The third-order valence-electron chi connectivity index (χ3n) is 3.16. The number of phenols is 1. The van der Waals surface area contributed by atoms with Gasteiger partial charge in [-0.25, -0.2) is 0 Å². The van der Waals surface area contributed by atoms with Crippen molar-refractivity contribution in [1.82, 2.24) is 4.90 Å². The van der Waals surface area contributed by atoms with E-state index in [0.29, 0.717) is 5.75 Å². The summed E-state index contributed by atoms with van der Waals surface area (Å²) in [5.74, 6) is 1.57. The standard InChI is InChI=1S/C13H19NO2/c1-10-5-6-14(8-10)9-11-3-4-12(15)13(7-11)16-2/h3-4,7,10,15H,5-6,8-9H2,1-2H3. The molecule has 1 saturated heterocycles. The summed E-state index contributed by atoms with van der Waals surface area (Å²) in [6.07, 6.45) is 1.29. The third kappa shape index (κ3) is 2.47. The molecule has 1 atom stereocenters. The summed E-state index contributed by atoms with van der Waals surface area (Å²) in [6.45, 7) is 5.58. The van der Waals surface area contributed by atoms with Crippen molar-refractivity contribution in [2.75, 3.05) is 20.2 Å². The van der Waals surface area contributed by atoms with Crippen LogP contribution in [0.3, 0.4) is 0 Å². The molecular formula is C13H19NO2. The minimum absolute atomic E-state index is 0.209. The molecule has 0 spiro atoms. The molecule has 88 valence electrons. The molecule has 1 N–H and O–H groups in total. The summed E-state index contributed by atoms with van der Waals surface area (Å²) in [7, 11) is 1.58. The summed E-state index contributed by atoms with van der Waals surface area (Å²) >= 11 is 0. The number of benzene rings is 1. The maximum absolute atomic E-state index is 9.50. The van der Waals surface area contributed by atoms with Gasteiger partial charge in [-0.05, 0) is 36.6 Å². The maximum atomic E-state index is 9.50. The maximum Gasteiger partial charge on any atom is 0.160 e. The van der Waals surface area contributed by atoms with Gasteiger partial charge in [-0.1, -0.05) is 13.0 Å². The first kappa shape index (κ1) is 11.3. The number of likely N-dealkylation sites (tertiary alicyclic amines) is 1. The van der Waals surface area contributed by atoms with E-state index in [1.54, 1.807) is 13.2 Å². The van der Waals surface area contributed by atoms with E-state index in [0.717, 1.165) is 12.5 Å². The van der Waals surface area contributed by atoms with Crippen LogP contribution in [0.15, 0.2) is 18.2 Å². The Balaban J connectivity index is 2.04. The summed E-state index contributed by atoms with van der Waals surface area (Å²) in [5.41, 5.74) is 1.20. The highest BCUT2D eigenvalue weighted by molar-refractivity contribution is 5.41. The first-order valence-electron chi connectivity index (χ1n) is 5.77. The fourth-order valence-electron chi connectivity index (χ4n) is 2.25. The van der Waals surface area contributed by atoms with Gasteiger partial charge >= 0.3 is 0 Å². The molecule has 0 amide bonds. The number of hydrogen-bond donors (Lipinski definition) is 1. The van der Waals surface area contributed by atoms with Gasteiger partial charge in [0.05, 0.1) is 7.11 Å². The lowest BCUT2D eigenvalue weighted by Gasteiger charge is -2.16. The Labute approximate surface area is 96.6 Å². The third-order valence-corrected chi connectivity index (χ3v) is 3.16. The van der Waals surface area contributed by atoms with Gasteiger partial charge in [0, 0.05) is 13.1 Å². The van der Waals surface area contributed by atoms with Crippen molar-refractivity contribution >= 4 is 0 Å². The van der Waals surface area contributed by atoms with E-state index in [-0.39, 0.29) is 5.75 Å². The average Bonchev–Trinajstić information content (AvgIpc) is 2.67. The van der Waals surface area contributed by atoms with E-state index in [2.05, 4.69) is 11.8 Å². The van der Waals surface area contributed by atoms with Crippen LogP contribution < -0.4 is 4.74 Å². The molecule has 1 unspecified atom stereocenters. The molecule has 0 aromatic heterocycles. The predicted octanol–water partition coefficient (Wildman–Crippen LogP) is 2.24. The number of ether oxygens (including phenoxy) is 1. The van der Waals surface area contributed by atoms with Crippen molar-refractivity contribution in [2.45, 2.75) is 19.9 Å². The van der Waals surface area contributed by atoms with Gasteiger partial charge < -0.3 is 9.84 Å². The zero-order chi connectivity index (χ0) is 11.5. The molecule has 1 aromatic carbocycles. The molecule has 1 aliphatic heterocycles. The van der Waals surface area contributed by atoms with Crippen LogP contribution in [0, 0.1) is 5.92 Å². The van der Waals surface area contributed by atoms with Crippen LogP contribution in [0.4, 0.5) is 0 Å². The quantitative estimate of drug-likeness (QED) is 0.849. The van der Waals surface area contributed by atoms with E-state index < -0.39 is 0 Å². The van der Waals surface area contributed by atoms with E-state index in [9.17, 15) is 5.11 Å². The molecular weight excluding hydrogens is 202 g/mol. The smallest absolute Gasteiger partial charge is 0.160 e. The Kier molecular flexibility index (Phi) is 3.34. The molecule has 1 aliphatic rings. The summed E-state index contributed by atoms with van der Waals surface area (Å²) in [4.78, 5) is 2.44. The molecule has 3 heteroatoms. The second-order valence-corrected chi connectivity index (χ2v) is 4.64. The molecule has 0 bridgehead atoms. The van der Waals surface area contributed by atoms with Gasteiger partial charge in [-0.3, -0.25) is 4.90 Å². The number of rotatable bonds is 3. The van der Waals surface area contributed by atoms with Crippen molar-refractivity contribution in [3.63, 3.8) is 0 Å². The van der Waals surface area contributed by atoms with Crippen molar-refractivity contribution in [3.8, 4) is 11.5 Å². The van der Waals surface area contributed by atoms with Gasteiger partial charge in [0.1, 0.15) is 0 Å². The molecule has 1 aromatic rings. The van der Waals surface area contributed by atoms with Crippen LogP contribution >= 0.6 is 0 Å². The van der Waals surface area contributed by atoms with E-state index in [4.69, 9.17) is 4.74 Å². The van der Waals surface area contributed by atoms with Crippen molar-refractivity contribution < 1.29 is 9.84 Å². The Morgan fingerprint density at radius 3 is 2.94 bits per heavy atom. The summed E-state index contributed by atoms with van der Waals surface area (Å²) < 4.78 is 5.10. The molecule has 1 heterocycles. The molecule has 0 saturated carbocycles. The molecule has 3 nitrogen and oxygen atoms in total. The number of phenolic OH excluding ortho intramolecular Hbond substituents is 1. The predicted molar refractivity (Wildman–Crippen MR) is 63.7 cm³/mol. The van der Waals surface area contributed by atoms with Crippen LogP contribution in [0.1, 0.15) is 18.9 Å². The van der Waals surface area contributed by atoms with Gasteiger partial charge in [-0.15, -0.1) is 0 Å². The van der Waals surface area contributed by atoms with Crippen LogP contribution in [-0.2, 0) is 6.54 Å². The topological polar surface area (TPSA) is 32.7 Å². The minimum atomic E-state index is 0.209. The Morgan fingerprint density at radius 1 is 1.50 bits per heavy atom. The second-order valence-electron chi connectivity index (χ2n) is 4.64. The highest BCUT2D eigenvalue weighted by Gasteiger charge is 2.18. The molecule has 16 heavy (non-hydrogen) atoms. The van der Waals surface area contributed by atoms with Gasteiger partial charge in [-0.2, -0.15) is 0 Å². The lowest BCUT2D eigenvalue weighted by Crippen LogP contribution is -2.19. The second kappa shape index (κ2) is 4.74. The van der Waals surface area contributed by atoms with Gasteiger partial charge in [0.2, 0.25) is 0 Å². The number of hydrogen-bond acceptors (Lipinski definition) is 3. The highest BCUT2D eigenvalue weighted by Crippen LogP contribution is 2.27. The first-order chi connectivity index (χ1) is 7.69. The minimum Gasteiger partial charge on any atom is -0.504 e. The normalized spacial score (nSPS) is 21.2. The van der Waals surface area contributed by atoms with Crippen LogP contribution in [0.2, 0.25) is 0 Å². The molecule has 0 radical (unpaired) electrons. The zero-order valence-corrected chi connectivity index (χ0v) is 9.94. The summed E-state index contributed by atoms with van der Waals surface area (Å²) in [5, 5.41) is 9.50. The van der Waals surface area contributed by atoms with Gasteiger partial charge in [0.15, 0.2) is 11.5 Å². The van der Waals surface area contributed by atoms with E-state index in [1.165, 1.54) is 25.1 Å². The Morgan fingerprint density at radius 2 is 2.31 bits per heavy atom. The fourth-order valence-corrected chi connectivity index (χ4v) is 2.25. The summed E-state index contributed by atoms with van der Waals surface area (Å²) in [6, 6.07) is 5.58. The Bertz CT molecular complexity index is 365. The molecule has 1 fully saturated rings. The average molecular weight is 221 g/mol. The number of aromatic hydroxyl groups is 1.